The quantitative estimate of drug-likeness (QED) is 0.774. The van der Waals surface area contributed by atoms with E-state index in [1.54, 1.807) is 13.4 Å². The number of anilines is 1. The second-order valence-electron chi connectivity index (χ2n) is 5.86. The molecule has 3 N–H and O–H groups in total. The van der Waals surface area contributed by atoms with Crippen LogP contribution >= 0.6 is 0 Å². The van der Waals surface area contributed by atoms with E-state index in [4.69, 9.17) is 10.5 Å². The van der Waals surface area contributed by atoms with E-state index in [0.717, 1.165) is 22.8 Å². The van der Waals surface area contributed by atoms with Crippen molar-refractivity contribution in [1.82, 2.24) is 14.8 Å². The summed E-state index contributed by atoms with van der Waals surface area (Å²) in [5.41, 5.74) is 8.87. The van der Waals surface area contributed by atoms with Gasteiger partial charge in [-0.05, 0) is 23.3 Å². The summed E-state index contributed by atoms with van der Waals surface area (Å²) >= 11 is 0. The van der Waals surface area contributed by atoms with Crippen LogP contribution in [-0.2, 0) is 0 Å². The van der Waals surface area contributed by atoms with Crippen molar-refractivity contribution in [3.05, 3.63) is 72.1 Å². The fourth-order valence-corrected chi connectivity index (χ4v) is 3.27. The number of benzene rings is 2. The van der Waals surface area contributed by atoms with E-state index in [1.807, 2.05) is 47.1 Å². The largest absolute Gasteiger partial charge is 0.497 e. The third-order valence-corrected chi connectivity index (χ3v) is 4.49. The Morgan fingerprint density at radius 3 is 2.50 bits per heavy atom. The lowest BCUT2D eigenvalue weighted by Crippen LogP contribution is -2.46. The molecule has 4 rings (SSSR count). The van der Waals surface area contributed by atoms with E-state index in [2.05, 4.69) is 27.5 Å². The van der Waals surface area contributed by atoms with Crippen LogP contribution in [0.5, 0.6) is 5.75 Å². The van der Waals surface area contributed by atoms with Gasteiger partial charge in [-0.1, -0.05) is 42.5 Å². The second-order valence-corrected chi connectivity index (χ2v) is 5.86. The number of hydrogen-bond acceptors (Lipinski definition) is 5. The van der Waals surface area contributed by atoms with Gasteiger partial charge in [-0.2, -0.15) is 10.1 Å². The molecule has 0 radical (unpaired) electrons. The molecule has 2 aromatic carbocycles. The standard InChI is InChI=1S/C18H19N5O/c1-24-14-9-7-12(8-10-14)16-15(19)17(13-5-3-2-4-6-13)23-18(22-16)20-11-21-23/h2-11,15-17H,19H2,1H3,(H,20,21,22)/t15-,16+,17-/m0/s1. The van der Waals surface area contributed by atoms with Crippen molar-refractivity contribution in [2.45, 2.75) is 18.1 Å². The van der Waals surface area contributed by atoms with E-state index >= 15 is 0 Å². The third-order valence-electron chi connectivity index (χ3n) is 4.49. The fourth-order valence-electron chi connectivity index (χ4n) is 3.27. The monoisotopic (exact) mass is 321 g/mol. The molecular weight excluding hydrogens is 302 g/mol. The highest BCUT2D eigenvalue weighted by Gasteiger charge is 2.37. The zero-order chi connectivity index (χ0) is 16.5. The molecule has 1 aliphatic rings. The molecule has 2 heterocycles. The molecule has 6 nitrogen and oxygen atoms in total. The highest BCUT2D eigenvalue weighted by atomic mass is 16.5. The average Bonchev–Trinajstić information content (AvgIpc) is 3.10. The number of nitrogens with zero attached hydrogens (tertiary/aromatic N) is 3. The van der Waals surface area contributed by atoms with Crippen LogP contribution in [0.3, 0.4) is 0 Å². The maximum Gasteiger partial charge on any atom is 0.222 e. The number of rotatable bonds is 3. The first-order valence-electron chi connectivity index (χ1n) is 7.88. The van der Waals surface area contributed by atoms with Gasteiger partial charge in [0.05, 0.1) is 25.2 Å². The number of nitrogens with two attached hydrogens (primary N) is 1. The number of hydrogen-bond donors (Lipinski definition) is 2. The minimum Gasteiger partial charge on any atom is -0.497 e. The summed E-state index contributed by atoms with van der Waals surface area (Å²) in [5.74, 6) is 1.55. The number of aromatic nitrogens is 3. The second kappa shape index (κ2) is 5.98. The van der Waals surface area contributed by atoms with Gasteiger partial charge >= 0.3 is 0 Å². The third kappa shape index (κ3) is 2.41. The van der Waals surface area contributed by atoms with Gasteiger partial charge in [0.25, 0.3) is 0 Å². The highest BCUT2D eigenvalue weighted by molar-refractivity contribution is 5.42. The molecule has 1 aliphatic heterocycles. The van der Waals surface area contributed by atoms with Crippen molar-refractivity contribution in [1.29, 1.82) is 0 Å². The average molecular weight is 321 g/mol. The van der Waals surface area contributed by atoms with E-state index in [-0.39, 0.29) is 18.1 Å². The van der Waals surface area contributed by atoms with E-state index in [1.165, 1.54) is 0 Å². The van der Waals surface area contributed by atoms with Gasteiger partial charge in [0, 0.05) is 0 Å². The molecule has 0 spiro atoms. The van der Waals surface area contributed by atoms with Crippen molar-refractivity contribution in [3.8, 4) is 5.75 Å². The Bertz CT molecular complexity index is 815. The zero-order valence-electron chi connectivity index (χ0n) is 13.3. The van der Waals surface area contributed by atoms with Gasteiger partial charge < -0.3 is 15.8 Å². The number of methoxy groups -OCH3 is 1. The van der Waals surface area contributed by atoms with Crippen LogP contribution in [0, 0.1) is 0 Å². The summed E-state index contributed by atoms with van der Waals surface area (Å²) in [6.07, 6.45) is 1.56. The molecule has 3 atom stereocenters. The normalized spacial score (nSPS) is 22.5. The fraction of sp³-hybridized carbons (Fsp3) is 0.222. The topological polar surface area (TPSA) is 78.0 Å². The van der Waals surface area contributed by atoms with Gasteiger partial charge in [0.15, 0.2) is 0 Å². The lowest BCUT2D eigenvalue weighted by molar-refractivity contribution is 0.371. The van der Waals surface area contributed by atoms with Crippen LogP contribution in [0.2, 0.25) is 0 Å². The highest BCUT2D eigenvalue weighted by Crippen LogP contribution is 2.36. The number of ether oxygens (including phenoxy) is 1. The van der Waals surface area contributed by atoms with E-state index < -0.39 is 0 Å². The van der Waals surface area contributed by atoms with Crippen molar-refractivity contribution in [2.75, 3.05) is 12.4 Å². The molecular formula is C18H19N5O. The molecule has 6 heteroatoms. The molecule has 0 aliphatic carbocycles. The maximum atomic E-state index is 6.65. The summed E-state index contributed by atoms with van der Waals surface area (Å²) < 4.78 is 7.10. The summed E-state index contributed by atoms with van der Waals surface area (Å²) in [5, 5.41) is 7.77. The molecule has 0 unspecified atom stereocenters. The van der Waals surface area contributed by atoms with Gasteiger partial charge in [0.2, 0.25) is 5.95 Å². The van der Waals surface area contributed by atoms with Gasteiger partial charge in [0.1, 0.15) is 12.1 Å². The van der Waals surface area contributed by atoms with Crippen molar-refractivity contribution >= 4 is 5.95 Å². The molecule has 0 amide bonds. The molecule has 0 fully saturated rings. The Morgan fingerprint density at radius 1 is 1.04 bits per heavy atom. The lowest BCUT2D eigenvalue weighted by Gasteiger charge is -2.37. The minimum absolute atomic E-state index is 0.0576. The molecule has 122 valence electrons. The van der Waals surface area contributed by atoms with Crippen molar-refractivity contribution < 1.29 is 4.74 Å². The Kier molecular flexibility index (Phi) is 3.66. The summed E-state index contributed by atoms with van der Waals surface area (Å²) in [6, 6.07) is 17.8. The zero-order valence-corrected chi connectivity index (χ0v) is 13.3. The summed E-state index contributed by atoms with van der Waals surface area (Å²) in [7, 11) is 1.66. The van der Waals surface area contributed by atoms with Crippen LogP contribution in [-0.4, -0.2) is 27.9 Å². The van der Waals surface area contributed by atoms with Crippen LogP contribution in [0.4, 0.5) is 5.95 Å². The maximum absolute atomic E-state index is 6.65. The van der Waals surface area contributed by atoms with Crippen LogP contribution in [0.1, 0.15) is 23.2 Å². The van der Waals surface area contributed by atoms with Gasteiger partial charge in [-0.15, -0.1) is 0 Å². The Labute approximate surface area is 140 Å². The van der Waals surface area contributed by atoms with Crippen molar-refractivity contribution in [3.63, 3.8) is 0 Å². The summed E-state index contributed by atoms with van der Waals surface area (Å²) in [6.45, 7) is 0. The van der Waals surface area contributed by atoms with E-state index in [0.29, 0.717) is 0 Å². The first-order chi connectivity index (χ1) is 11.8. The number of nitrogens with one attached hydrogen (secondary N) is 1. The molecule has 0 saturated carbocycles. The van der Waals surface area contributed by atoms with Crippen LogP contribution in [0.25, 0.3) is 0 Å². The molecule has 0 bridgehead atoms. The molecule has 24 heavy (non-hydrogen) atoms. The van der Waals surface area contributed by atoms with Crippen LogP contribution in [0.15, 0.2) is 60.9 Å². The lowest BCUT2D eigenvalue weighted by atomic mass is 9.89. The smallest absolute Gasteiger partial charge is 0.222 e. The Hall–Kier alpha value is -2.86. The first kappa shape index (κ1) is 14.7. The van der Waals surface area contributed by atoms with E-state index in [9.17, 15) is 0 Å². The Balaban J connectivity index is 1.75. The summed E-state index contributed by atoms with van der Waals surface area (Å²) in [4.78, 5) is 4.34. The Morgan fingerprint density at radius 2 is 1.79 bits per heavy atom. The first-order valence-corrected chi connectivity index (χ1v) is 7.88. The predicted octanol–water partition coefficient (Wildman–Crippen LogP) is 2.37. The SMILES string of the molecule is COc1ccc([C@H]2Nc3ncnn3[C@@H](c3ccccc3)[C@H]2N)cc1. The van der Waals surface area contributed by atoms with Gasteiger partial charge in [-0.25, -0.2) is 4.68 Å². The van der Waals surface area contributed by atoms with Crippen molar-refractivity contribution in [2.24, 2.45) is 5.73 Å². The number of fused-ring (bicyclic) bond motifs is 1. The molecule has 3 aromatic rings. The van der Waals surface area contributed by atoms with Crippen LogP contribution < -0.4 is 15.8 Å². The molecule has 0 saturated heterocycles. The minimum atomic E-state index is -0.185. The molecule has 1 aromatic heterocycles. The van der Waals surface area contributed by atoms with Gasteiger partial charge in [-0.3, -0.25) is 0 Å². The predicted molar refractivity (Wildman–Crippen MR) is 91.9 cm³/mol.